The summed E-state index contributed by atoms with van der Waals surface area (Å²) < 4.78 is 0. The molecule has 0 saturated heterocycles. The molecule has 1 atom stereocenters. The van der Waals surface area contributed by atoms with Crippen molar-refractivity contribution in [2.75, 3.05) is 6.54 Å². The van der Waals surface area contributed by atoms with Gasteiger partial charge in [0.1, 0.15) is 0 Å². The van der Waals surface area contributed by atoms with Gasteiger partial charge >= 0.3 is 0 Å². The minimum atomic E-state index is 0.453. The first-order valence-corrected chi connectivity index (χ1v) is 7.57. The summed E-state index contributed by atoms with van der Waals surface area (Å²) in [5.41, 5.74) is 11.7. The van der Waals surface area contributed by atoms with Crippen LogP contribution in [0.3, 0.4) is 0 Å². The van der Waals surface area contributed by atoms with Gasteiger partial charge in [0.25, 0.3) is 0 Å². The normalized spacial score (nSPS) is 13.9. The second kappa shape index (κ2) is 7.49. The third kappa shape index (κ3) is 3.94. The van der Waals surface area contributed by atoms with E-state index in [4.69, 9.17) is 5.73 Å². The molecule has 0 aromatic heterocycles. The average Bonchev–Trinajstić information content (AvgIpc) is 2.43. The Morgan fingerprint density at radius 2 is 1.63 bits per heavy atom. The van der Waals surface area contributed by atoms with Gasteiger partial charge in [-0.2, -0.15) is 0 Å². The predicted molar refractivity (Wildman–Crippen MR) is 86.2 cm³/mol. The molecule has 0 aliphatic rings. The van der Waals surface area contributed by atoms with Crippen LogP contribution in [-0.4, -0.2) is 6.54 Å². The number of hydrogen-bond acceptors (Lipinski definition) is 1. The third-order valence-electron chi connectivity index (χ3n) is 3.95. The lowest BCUT2D eigenvalue weighted by Gasteiger charge is -2.20. The number of hydrogen-bond donors (Lipinski definition) is 1. The minimum Gasteiger partial charge on any atom is -0.330 e. The SMILES string of the molecule is CCc1cccc(CC)c1C=C(C(C)C)C(C)CN. The third-order valence-corrected chi connectivity index (χ3v) is 3.95. The van der Waals surface area contributed by atoms with E-state index >= 15 is 0 Å². The Labute approximate surface area is 118 Å². The van der Waals surface area contributed by atoms with Crippen LogP contribution in [0.1, 0.15) is 51.3 Å². The van der Waals surface area contributed by atoms with Crippen molar-refractivity contribution in [3.8, 4) is 0 Å². The summed E-state index contributed by atoms with van der Waals surface area (Å²) in [5.74, 6) is 1.00. The highest BCUT2D eigenvalue weighted by molar-refractivity contribution is 5.61. The van der Waals surface area contributed by atoms with E-state index in [2.05, 4.69) is 58.9 Å². The number of nitrogens with two attached hydrogens (primary N) is 1. The first kappa shape index (κ1) is 16.0. The molecule has 2 N–H and O–H groups in total. The van der Waals surface area contributed by atoms with Gasteiger partial charge in [0.15, 0.2) is 0 Å². The Morgan fingerprint density at radius 1 is 1.11 bits per heavy atom. The summed E-state index contributed by atoms with van der Waals surface area (Å²) in [6, 6.07) is 6.67. The van der Waals surface area contributed by atoms with Crippen molar-refractivity contribution in [3.63, 3.8) is 0 Å². The molecule has 0 heterocycles. The van der Waals surface area contributed by atoms with Gasteiger partial charge in [0, 0.05) is 0 Å². The lowest BCUT2D eigenvalue weighted by atomic mass is 9.87. The van der Waals surface area contributed by atoms with E-state index in [0.29, 0.717) is 11.8 Å². The lowest BCUT2D eigenvalue weighted by molar-refractivity contribution is 0.597. The highest BCUT2D eigenvalue weighted by Crippen LogP contribution is 2.26. The maximum Gasteiger partial charge on any atom is -0.00139 e. The maximum atomic E-state index is 5.86. The molecule has 1 rings (SSSR count). The maximum absolute atomic E-state index is 5.86. The van der Waals surface area contributed by atoms with E-state index in [1.54, 1.807) is 0 Å². The fraction of sp³-hybridized carbons (Fsp3) is 0.556. The summed E-state index contributed by atoms with van der Waals surface area (Å²) >= 11 is 0. The van der Waals surface area contributed by atoms with Gasteiger partial charge in [0.2, 0.25) is 0 Å². The van der Waals surface area contributed by atoms with Crippen LogP contribution in [0.2, 0.25) is 0 Å². The van der Waals surface area contributed by atoms with Gasteiger partial charge in [-0.05, 0) is 47.9 Å². The monoisotopic (exact) mass is 259 g/mol. The van der Waals surface area contributed by atoms with Crippen LogP contribution in [0.25, 0.3) is 6.08 Å². The van der Waals surface area contributed by atoms with Crippen molar-refractivity contribution in [2.45, 2.75) is 47.5 Å². The smallest absolute Gasteiger partial charge is 0.00139 e. The van der Waals surface area contributed by atoms with Crippen molar-refractivity contribution < 1.29 is 0 Å². The van der Waals surface area contributed by atoms with Crippen LogP contribution in [0.15, 0.2) is 23.8 Å². The van der Waals surface area contributed by atoms with Gasteiger partial charge in [-0.25, -0.2) is 0 Å². The van der Waals surface area contributed by atoms with Gasteiger partial charge in [-0.1, -0.05) is 64.5 Å². The van der Waals surface area contributed by atoms with Crippen molar-refractivity contribution in [1.82, 2.24) is 0 Å². The average molecular weight is 259 g/mol. The Bertz CT molecular complexity index is 407. The molecule has 106 valence electrons. The number of aryl methyl sites for hydroxylation is 2. The zero-order valence-electron chi connectivity index (χ0n) is 13.2. The van der Waals surface area contributed by atoms with E-state index < -0.39 is 0 Å². The largest absolute Gasteiger partial charge is 0.330 e. The molecule has 1 aromatic rings. The summed E-state index contributed by atoms with van der Waals surface area (Å²) in [7, 11) is 0. The molecular weight excluding hydrogens is 230 g/mol. The molecule has 1 unspecified atom stereocenters. The molecule has 0 radical (unpaired) electrons. The fourth-order valence-electron chi connectivity index (χ4n) is 2.65. The van der Waals surface area contributed by atoms with Crippen LogP contribution in [-0.2, 0) is 12.8 Å². The van der Waals surface area contributed by atoms with Gasteiger partial charge in [0.05, 0.1) is 0 Å². The Kier molecular flexibility index (Phi) is 6.30. The van der Waals surface area contributed by atoms with E-state index in [1.807, 2.05) is 0 Å². The minimum absolute atomic E-state index is 0.453. The molecule has 0 spiro atoms. The topological polar surface area (TPSA) is 26.0 Å². The van der Waals surface area contributed by atoms with E-state index in [0.717, 1.165) is 19.4 Å². The summed E-state index contributed by atoms with van der Waals surface area (Å²) in [6.07, 6.45) is 4.57. The molecule has 0 fully saturated rings. The molecule has 1 aromatic carbocycles. The van der Waals surface area contributed by atoms with Crippen molar-refractivity contribution >= 4 is 6.08 Å². The van der Waals surface area contributed by atoms with Crippen LogP contribution in [0, 0.1) is 11.8 Å². The first-order chi connectivity index (χ1) is 9.04. The summed E-state index contributed by atoms with van der Waals surface area (Å²) in [5, 5.41) is 0. The van der Waals surface area contributed by atoms with Crippen molar-refractivity contribution in [3.05, 3.63) is 40.5 Å². The van der Waals surface area contributed by atoms with Gasteiger partial charge < -0.3 is 5.73 Å². The highest BCUT2D eigenvalue weighted by atomic mass is 14.5. The lowest BCUT2D eigenvalue weighted by Crippen LogP contribution is -2.16. The zero-order chi connectivity index (χ0) is 14.4. The van der Waals surface area contributed by atoms with Gasteiger partial charge in [-0.3, -0.25) is 0 Å². The highest BCUT2D eigenvalue weighted by Gasteiger charge is 2.13. The Hall–Kier alpha value is -1.08. The molecule has 1 heteroatoms. The van der Waals surface area contributed by atoms with Crippen LogP contribution in [0.5, 0.6) is 0 Å². The summed E-state index contributed by atoms with van der Waals surface area (Å²) in [6.45, 7) is 11.9. The second-order valence-corrected chi connectivity index (χ2v) is 5.63. The number of rotatable bonds is 6. The molecule has 0 bridgehead atoms. The van der Waals surface area contributed by atoms with Crippen LogP contribution in [0.4, 0.5) is 0 Å². The quantitative estimate of drug-likeness (QED) is 0.802. The number of benzene rings is 1. The zero-order valence-corrected chi connectivity index (χ0v) is 13.2. The van der Waals surface area contributed by atoms with Crippen LogP contribution >= 0.6 is 0 Å². The molecule has 0 saturated carbocycles. The van der Waals surface area contributed by atoms with E-state index in [9.17, 15) is 0 Å². The van der Waals surface area contributed by atoms with E-state index in [1.165, 1.54) is 22.3 Å². The van der Waals surface area contributed by atoms with Crippen molar-refractivity contribution in [1.29, 1.82) is 0 Å². The molecule has 0 amide bonds. The molecule has 0 aliphatic heterocycles. The van der Waals surface area contributed by atoms with Gasteiger partial charge in [-0.15, -0.1) is 0 Å². The standard InChI is InChI=1S/C18H29N/c1-6-15-9-8-10-16(7-2)18(15)11-17(13(3)4)14(5)12-19/h8-11,13-14H,6-7,12,19H2,1-5H3. The summed E-state index contributed by atoms with van der Waals surface area (Å²) in [4.78, 5) is 0. The van der Waals surface area contributed by atoms with E-state index in [-0.39, 0.29) is 0 Å². The molecule has 19 heavy (non-hydrogen) atoms. The Balaban J connectivity index is 3.34. The molecular formula is C18H29N. The molecule has 1 nitrogen and oxygen atoms in total. The fourth-order valence-corrected chi connectivity index (χ4v) is 2.65. The Morgan fingerprint density at radius 3 is 2.00 bits per heavy atom. The van der Waals surface area contributed by atoms with Crippen LogP contribution < -0.4 is 5.73 Å². The molecule has 0 aliphatic carbocycles. The predicted octanol–water partition coefficient (Wildman–Crippen LogP) is 4.45. The first-order valence-electron chi connectivity index (χ1n) is 7.57. The second-order valence-electron chi connectivity index (χ2n) is 5.63. The van der Waals surface area contributed by atoms with Crippen molar-refractivity contribution in [2.24, 2.45) is 17.6 Å².